The first-order valence-electron chi connectivity index (χ1n) is 7.18. The van der Waals surface area contributed by atoms with Gasteiger partial charge in [0.1, 0.15) is 6.54 Å². The number of ether oxygens (including phenoxy) is 1. The minimum Gasteiger partial charge on any atom is -0.385 e. The third-order valence-corrected chi connectivity index (χ3v) is 4.03. The van der Waals surface area contributed by atoms with E-state index >= 15 is 0 Å². The molecule has 0 atom stereocenters. The smallest absolute Gasteiger partial charge is 0.294 e. The highest BCUT2D eigenvalue weighted by atomic mass is 32.2. The minimum atomic E-state index is -0.434. The summed E-state index contributed by atoms with van der Waals surface area (Å²) in [5.41, 5.74) is 0.835. The van der Waals surface area contributed by atoms with Crippen LogP contribution in [0.1, 0.15) is 12.0 Å². The van der Waals surface area contributed by atoms with Gasteiger partial charge in [-0.05, 0) is 29.8 Å². The van der Waals surface area contributed by atoms with E-state index < -0.39 is 11.1 Å². The van der Waals surface area contributed by atoms with Crippen LogP contribution in [0.15, 0.2) is 35.2 Å². The maximum atomic E-state index is 12.2. The summed E-state index contributed by atoms with van der Waals surface area (Å²) in [5, 5.41) is 2.23. The fraction of sp³-hybridized carbons (Fsp3) is 0.312. The van der Waals surface area contributed by atoms with Gasteiger partial charge in [-0.3, -0.25) is 19.3 Å². The Morgan fingerprint density at radius 3 is 2.74 bits per heavy atom. The van der Waals surface area contributed by atoms with Crippen molar-refractivity contribution in [2.75, 3.05) is 26.8 Å². The lowest BCUT2D eigenvalue weighted by Gasteiger charge is -2.12. The normalized spacial score (nSPS) is 16.2. The predicted molar refractivity (Wildman–Crippen MR) is 88.6 cm³/mol. The molecule has 1 aromatic carbocycles. The molecule has 1 heterocycles. The fourth-order valence-corrected chi connectivity index (χ4v) is 2.82. The van der Waals surface area contributed by atoms with Crippen LogP contribution < -0.4 is 5.32 Å². The lowest BCUT2D eigenvalue weighted by molar-refractivity contribution is -0.129. The van der Waals surface area contributed by atoms with E-state index in [1.165, 1.54) is 0 Å². The molecule has 3 amide bonds. The van der Waals surface area contributed by atoms with E-state index in [1.807, 2.05) is 30.3 Å². The quantitative estimate of drug-likeness (QED) is 0.609. The Kier molecular flexibility index (Phi) is 6.37. The molecule has 122 valence electrons. The Labute approximate surface area is 138 Å². The molecule has 7 heteroatoms. The second kappa shape index (κ2) is 8.50. The Balaban J connectivity index is 1.94. The number of amides is 3. The summed E-state index contributed by atoms with van der Waals surface area (Å²) < 4.78 is 4.88. The van der Waals surface area contributed by atoms with Crippen LogP contribution in [0.4, 0.5) is 4.79 Å². The third kappa shape index (κ3) is 4.94. The zero-order valence-corrected chi connectivity index (χ0v) is 13.6. The SMILES string of the molecule is COCCCNC(=O)CN1C(=O)S/C(=C/c2ccccc2)C1=O. The van der Waals surface area contributed by atoms with Gasteiger partial charge < -0.3 is 10.1 Å². The Morgan fingerprint density at radius 2 is 2.04 bits per heavy atom. The lowest BCUT2D eigenvalue weighted by Crippen LogP contribution is -2.39. The van der Waals surface area contributed by atoms with Gasteiger partial charge >= 0.3 is 0 Å². The fourth-order valence-electron chi connectivity index (χ4n) is 1.98. The number of carbonyl (C=O) groups excluding carboxylic acids is 3. The lowest BCUT2D eigenvalue weighted by atomic mass is 10.2. The van der Waals surface area contributed by atoms with Crippen molar-refractivity contribution < 1.29 is 19.1 Å². The number of methoxy groups -OCH3 is 1. The van der Waals surface area contributed by atoms with E-state index in [4.69, 9.17) is 4.74 Å². The van der Waals surface area contributed by atoms with Gasteiger partial charge in [-0.1, -0.05) is 30.3 Å². The molecule has 1 fully saturated rings. The van der Waals surface area contributed by atoms with Crippen molar-refractivity contribution in [2.45, 2.75) is 6.42 Å². The number of hydrogen-bond acceptors (Lipinski definition) is 5. The average molecular weight is 334 g/mol. The number of nitrogens with one attached hydrogen (secondary N) is 1. The summed E-state index contributed by atoms with van der Waals surface area (Å²) in [6.07, 6.45) is 2.33. The third-order valence-electron chi connectivity index (χ3n) is 3.12. The second-order valence-electron chi connectivity index (χ2n) is 4.87. The Bertz CT molecular complexity index is 616. The zero-order chi connectivity index (χ0) is 16.7. The highest BCUT2D eigenvalue weighted by Gasteiger charge is 2.36. The number of thioether (sulfide) groups is 1. The molecular formula is C16H18N2O4S. The first-order chi connectivity index (χ1) is 11.1. The van der Waals surface area contributed by atoms with E-state index in [1.54, 1.807) is 13.2 Å². The number of nitrogens with zero attached hydrogens (tertiary/aromatic N) is 1. The molecular weight excluding hydrogens is 316 g/mol. The van der Waals surface area contributed by atoms with Crippen LogP contribution >= 0.6 is 11.8 Å². The van der Waals surface area contributed by atoms with Gasteiger partial charge in [0.05, 0.1) is 4.91 Å². The maximum Gasteiger partial charge on any atom is 0.294 e. The molecule has 1 aromatic rings. The molecule has 1 N–H and O–H groups in total. The van der Waals surface area contributed by atoms with Crippen LogP contribution in [0.25, 0.3) is 6.08 Å². The van der Waals surface area contributed by atoms with E-state index in [9.17, 15) is 14.4 Å². The monoisotopic (exact) mass is 334 g/mol. The largest absolute Gasteiger partial charge is 0.385 e. The molecule has 0 unspecified atom stereocenters. The van der Waals surface area contributed by atoms with Crippen LogP contribution in [0.3, 0.4) is 0 Å². The number of hydrogen-bond donors (Lipinski definition) is 1. The van der Waals surface area contributed by atoms with Gasteiger partial charge in [-0.15, -0.1) is 0 Å². The number of carbonyl (C=O) groups is 3. The van der Waals surface area contributed by atoms with Crippen LogP contribution in [0.2, 0.25) is 0 Å². The molecule has 23 heavy (non-hydrogen) atoms. The van der Waals surface area contributed by atoms with Crippen LogP contribution in [-0.4, -0.2) is 48.8 Å². The number of benzene rings is 1. The standard InChI is InChI=1S/C16H18N2O4S/c1-22-9-5-8-17-14(19)11-18-15(20)13(23-16(18)21)10-12-6-3-2-4-7-12/h2-4,6-7,10H,5,8-9,11H2,1H3,(H,17,19)/b13-10+. The van der Waals surface area contributed by atoms with Crippen molar-refractivity contribution in [3.63, 3.8) is 0 Å². The van der Waals surface area contributed by atoms with Crippen LogP contribution in [0, 0.1) is 0 Å². The zero-order valence-electron chi connectivity index (χ0n) is 12.8. The van der Waals surface area contributed by atoms with Crippen LogP contribution in [0.5, 0.6) is 0 Å². The number of rotatable bonds is 7. The van der Waals surface area contributed by atoms with E-state index in [0.717, 1.165) is 22.2 Å². The van der Waals surface area contributed by atoms with E-state index in [0.29, 0.717) is 24.5 Å². The minimum absolute atomic E-state index is 0.260. The summed E-state index contributed by atoms with van der Waals surface area (Å²) in [6, 6.07) is 9.26. The maximum absolute atomic E-state index is 12.2. The highest BCUT2D eigenvalue weighted by molar-refractivity contribution is 8.18. The summed E-state index contributed by atoms with van der Waals surface area (Å²) in [7, 11) is 1.58. The molecule has 0 saturated carbocycles. The van der Waals surface area contributed by atoms with Gasteiger partial charge in [0.15, 0.2) is 0 Å². The molecule has 0 radical (unpaired) electrons. The Hall–Kier alpha value is -2.12. The molecule has 0 spiro atoms. The van der Waals surface area contributed by atoms with Gasteiger partial charge in [-0.25, -0.2) is 0 Å². The van der Waals surface area contributed by atoms with Crippen molar-refractivity contribution in [3.05, 3.63) is 40.8 Å². The van der Waals surface area contributed by atoms with E-state index in [-0.39, 0.29) is 12.5 Å². The molecule has 1 saturated heterocycles. The van der Waals surface area contributed by atoms with Crippen molar-refractivity contribution in [2.24, 2.45) is 0 Å². The van der Waals surface area contributed by atoms with Crippen molar-refractivity contribution in [1.82, 2.24) is 10.2 Å². The van der Waals surface area contributed by atoms with Crippen molar-refractivity contribution in [3.8, 4) is 0 Å². The second-order valence-corrected chi connectivity index (χ2v) is 5.87. The van der Waals surface area contributed by atoms with Gasteiger partial charge in [-0.2, -0.15) is 0 Å². The summed E-state index contributed by atoms with van der Waals surface area (Å²) in [6.45, 7) is 0.730. The van der Waals surface area contributed by atoms with Gasteiger partial charge in [0.2, 0.25) is 5.91 Å². The average Bonchev–Trinajstić information content (AvgIpc) is 2.80. The van der Waals surface area contributed by atoms with Crippen molar-refractivity contribution in [1.29, 1.82) is 0 Å². The van der Waals surface area contributed by atoms with Gasteiger partial charge in [0, 0.05) is 20.3 Å². The summed E-state index contributed by atoms with van der Waals surface area (Å²) in [4.78, 5) is 37.3. The van der Waals surface area contributed by atoms with Crippen molar-refractivity contribution >= 4 is 34.9 Å². The van der Waals surface area contributed by atoms with Gasteiger partial charge in [0.25, 0.3) is 11.1 Å². The predicted octanol–water partition coefficient (Wildman–Crippen LogP) is 1.88. The molecule has 0 aromatic heterocycles. The molecule has 1 aliphatic heterocycles. The summed E-state index contributed by atoms with van der Waals surface area (Å²) >= 11 is 0.849. The molecule has 1 aliphatic rings. The topological polar surface area (TPSA) is 75.7 Å². The first kappa shape index (κ1) is 17.2. The number of imide groups is 1. The molecule has 0 bridgehead atoms. The Morgan fingerprint density at radius 1 is 1.30 bits per heavy atom. The van der Waals surface area contributed by atoms with E-state index in [2.05, 4.69) is 5.32 Å². The first-order valence-corrected chi connectivity index (χ1v) is 7.99. The van der Waals surface area contributed by atoms with Crippen LogP contribution in [-0.2, 0) is 14.3 Å². The molecule has 0 aliphatic carbocycles. The molecule has 6 nitrogen and oxygen atoms in total. The summed E-state index contributed by atoms with van der Waals surface area (Å²) in [5.74, 6) is -0.791. The molecule has 2 rings (SSSR count). The highest BCUT2D eigenvalue weighted by Crippen LogP contribution is 2.31.